The van der Waals surface area contributed by atoms with Gasteiger partial charge in [-0.3, -0.25) is 0 Å². The predicted octanol–water partition coefficient (Wildman–Crippen LogP) is 29.1. The molecule has 0 radical (unpaired) electrons. The summed E-state index contributed by atoms with van der Waals surface area (Å²) in [5, 5.41) is 5.04. The number of fused-ring (bicyclic) bond motifs is 22. The van der Waals surface area contributed by atoms with E-state index in [1.807, 2.05) is 0 Å². The Morgan fingerprint density at radius 1 is 0.357 bits per heavy atom. The zero-order valence-electron chi connectivity index (χ0n) is 61.7. The third-order valence-electron chi connectivity index (χ3n) is 24.8. The molecule has 11 aromatic rings. The minimum atomic E-state index is -0.292. The van der Waals surface area contributed by atoms with Crippen LogP contribution in [0.3, 0.4) is 0 Å². The zero-order valence-corrected chi connectivity index (χ0v) is 61.7. The lowest BCUT2D eigenvalue weighted by Gasteiger charge is -2.40. The van der Waals surface area contributed by atoms with Crippen LogP contribution >= 0.6 is 0 Å². The third-order valence-corrected chi connectivity index (χ3v) is 24.8. The van der Waals surface area contributed by atoms with Crippen molar-refractivity contribution in [3.8, 4) is 44.5 Å². The Hall–Kier alpha value is -7.62. The molecular weight excluding hydrogens is 1190 g/mol. The SMILES string of the molecule is CCCCCCCC1(CCCCCCC)c2cc(N(c3ccc4c(c3)C(C)(C)c3cc5c(cc3-4)C(C)(C)c3ccc4oc6ccccc6c4c3-5)c3ccc(C)cc3C(C)(C)C)ccc2-c2c1c1c(c3c2oc2ccccc23)-c2ccccc2C1(CCCCCCC)CCCCCCC. The van der Waals surface area contributed by atoms with Gasteiger partial charge in [-0.15, -0.1) is 0 Å². The van der Waals surface area contributed by atoms with Gasteiger partial charge in [-0.05, 0) is 188 Å². The first-order valence-corrected chi connectivity index (χ1v) is 39.0. The molecule has 9 aromatic carbocycles. The highest BCUT2D eigenvalue weighted by atomic mass is 16.3. The smallest absolute Gasteiger partial charge is 0.144 e. The van der Waals surface area contributed by atoms with Gasteiger partial charge in [-0.1, -0.05) is 301 Å². The molecule has 3 nitrogen and oxygen atoms in total. The molecule has 0 spiro atoms. The van der Waals surface area contributed by atoms with Crippen LogP contribution in [-0.4, -0.2) is 0 Å². The highest BCUT2D eigenvalue weighted by molar-refractivity contribution is 6.21. The van der Waals surface area contributed by atoms with Crippen molar-refractivity contribution >= 4 is 60.9 Å². The number of unbranched alkanes of at least 4 members (excludes halogenated alkanes) is 16. The fraction of sp³-hybridized carbons (Fsp3) is 0.432. The molecule has 2 heterocycles. The van der Waals surface area contributed by atoms with Crippen LogP contribution < -0.4 is 4.90 Å². The van der Waals surface area contributed by atoms with E-state index in [-0.39, 0.29) is 27.1 Å². The molecule has 0 N–H and O–H groups in total. The standard InChI is InChI=1S/C95H109NO2/c1-13-17-21-25-35-53-94(54-36-26-22-18-14-2)72-42-32-29-39-66(72)85-86-69-41-31-34-44-81(69)98-90(86)87-67-49-47-64(59-77(67)95(89(87)88(85)94,55-37-27-23-19-15-3)56-38-28-24-20-16-4)96(79-51-45-62(5)57-78(79)91(6,7)8)63-46-48-65-70-60-76-71(61-75(70)93(11,12)74(65)58-63)83-73(92(76,9)10)50-52-82-84(83)68-40-30-33-43-80(68)97-82/h29-34,39-52,57-61H,13-28,35-38,53-56H2,1-12H3. The van der Waals surface area contributed by atoms with Gasteiger partial charge in [-0.25, -0.2) is 0 Å². The maximum atomic E-state index is 7.66. The molecule has 0 saturated carbocycles. The summed E-state index contributed by atoms with van der Waals surface area (Å²) in [4.78, 5) is 2.71. The molecule has 3 heteroatoms. The van der Waals surface area contributed by atoms with E-state index < -0.39 is 0 Å². The van der Waals surface area contributed by atoms with E-state index in [1.165, 1.54) is 263 Å². The summed E-state index contributed by atoms with van der Waals surface area (Å²) in [5.74, 6) is 0. The summed E-state index contributed by atoms with van der Waals surface area (Å²) in [5.41, 5.74) is 32.5. The minimum absolute atomic E-state index is 0.134. The van der Waals surface area contributed by atoms with E-state index in [0.717, 1.165) is 35.2 Å². The molecule has 4 aliphatic rings. The fourth-order valence-corrected chi connectivity index (χ4v) is 19.8. The van der Waals surface area contributed by atoms with E-state index in [2.05, 4.69) is 240 Å². The maximum absolute atomic E-state index is 7.66. The van der Waals surface area contributed by atoms with Gasteiger partial charge in [0.2, 0.25) is 0 Å². The van der Waals surface area contributed by atoms with Crippen molar-refractivity contribution < 1.29 is 8.83 Å². The molecule has 0 bridgehead atoms. The van der Waals surface area contributed by atoms with Crippen molar-refractivity contribution in [3.63, 3.8) is 0 Å². The van der Waals surface area contributed by atoms with Crippen LogP contribution in [0, 0.1) is 6.92 Å². The second kappa shape index (κ2) is 26.2. The van der Waals surface area contributed by atoms with E-state index in [9.17, 15) is 0 Å². The quantitative estimate of drug-likeness (QED) is 0.0481. The van der Waals surface area contributed by atoms with Crippen LogP contribution in [0.5, 0.6) is 0 Å². The Morgan fingerprint density at radius 3 is 1.45 bits per heavy atom. The lowest BCUT2D eigenvalue weighted by molar-refractivity contribution is 0.369. The van der Waals surface area contributed by atoms with E-state index >= 15 is 0 Å². The largest absolute Gasteiger partial charge is 0.456 e. The van der Waals surface area contributed by atoms with Gasteiger partial charge in [0, 0.05) is 65.8 Å². The number of rotatable bonds is 27. The molecule has 4 aliphatic carbocycles. The van der Waals surface area contributed by atoms with Gasteiger partial charge >= 0.3 is 0 Å². The average molecular weight is 1300 g/mol. The molecule has 0 amide bonds. The van der Waals surface area contributed by atoms with Gasteiger partial charge in [0.05, 0.1) is 0 Å². The number of nitrogens with zero attached hydrogens (tertiary/aromatic N) is 1. The maximum Gasteiger partial charge on any atom is 0.144 e. The number of anilines is 3. The Bertz CT molecular complexity index is 4800. The number of furan rings is 2. The number of benzene rings is 9. The van der Waals surface area contributed by atoms with Crippen molar-refractivity contribution in [1.82, 2.24) is 0 Å². The predicted molar refractivity (Wildman–Crippen MR) is 420 cm³/mol. The van der Waals surface area contributed by atoms with Crippen LogP contribution in [0.4, 0.5) is 17.1 Å². The van der Waals surface area contributed by atoms with Gasteiger partial charge < -0.3 is 13.7 Å². The van der Waals surface area contributed by atoms with Gasteiger partial charge in [-0.2, -0.15) is 0 Å². The summed E-state index contributed by atoms with van der Waals surface area (Å²) in [6.07, 6.45) is 29.9. The Labute approximate surface area is 587 Å². The third kappa shape index (κ3) is 10.7. The van der Waals surface area contributed by atoms with E-state index in [4.69, 9.17) is 8.83 Å². The number of hydrogen-bond acceptors (Lipinski definition) is 3. The zero-order chi connectivity index (χ0) is 67.9. The summed E-state index contributed by atoms with van der Waals surface area (Å²) in [6.45, 7) is 28.9. The molecule has 0 unspecified atom stereocenters. The summed E-state index contributed by atoms with van der Waals surface area (Å²) in [6, 6.07) is 60.2. The molecule has 15 rings (SSSR count). The molecule has 2 aromatic heterocycles. The van der Waals surface area contributed by atoms with Crippen LogP contribution in [0.1, 0.15) is 286 Å². The van der Waals surface area contributed by atoms with Crippen molar-refractivity contribution in [3.05, 3.63) is 207 Å². The molecule has 0 aliphatic heterocycles. The fourth-order valence-electron chi connectivity index (χ4n) is 19.8. The lowest BCUT2D eigenvalue weighted by atomic mass is 9.62. The Morgan fingerprint density at radius 2 is 0.837 bits per heavy atom. The Kier molecular flexibility index (Phi) is 17.7. The second-order valence-corrected chi connectivity index (χ2v) is 32.9. The first-order valence-electron chi connectivity index (χ1n) is 39.0. The van der Waals surface area contributed by atoms with E-state index in [0.29, 0.717) is 0 Å². The topological polar surface area (TPSA) is 29.5 Å². The number of aryl methyl sites for hydroxylation is 1. The summed E-state index contributed by atoms with van der Waals surface area (Å²) >= 11 is 0. The van der Waals surface area contributed by atoms with Crippen molar-refractivity contribution in [1.29, 1.82) is 0 Å². The molecule has 0 atom stereocenters. The van der Waals surface area contributed by atoms with Crippen molar-refractivity contribution in [2.24, 2.45) is 0 Å². The van der Waals surface area contributed by atoms with Crippen molar-refractivity contribution in [2.45, 2.75) is 264 Å². The molecule has 98 heavy (non-hydrogen) atoms. The minimum Gasteiger partial charge on any atom is -0.456 e. The van der Waals surface area contributed by atoms with Crippen LogP contribution in [0.2, 0.25) is 0 Å². The summed E-state index contributed by atoms with van der Waals surface area (Å²) < 4.78 is 14.3. The van der Waals surface area contributed by atoms with Gasteiger partial charge in [0.25, 0.3) is 0 Å². The van der Waals surface area contributed by atoms with Gasteiger partial charge in [0.15, 0.2) is 0 Å². The molecule has 506 valence electrons. The van der Waals surface area contributed by atoms with Crippen LogP contribution in [-0.2, 0) is 27.1 Å². The highest BCUT2D eigenvalue weighted by Gasteiger charge is 2.54. The second-order valence-electron chi connectivity index (χ2n) is 32.9. The highest BCUT2D eigenvalue weighted by Crippen LogP contribution is 2.68. The van der Waals surface area contributed by atoms with Crippen LogP contribution in [0.25, 0.3) is 88.4 Å². The monoisotopic (exact) mass is 1300 g/mol. The van der Waals surface area contributed by atoms with Crippen molar-refractivity contribution in [2.75, 3.05) is 4.90 Å². The lowest BCUT2D eigenvalue weighted by Crippen LogP contribution is -2.33. The van der Waals surface area contributed by atoms with Crippen LogP contribution in [0.15, 0.2) is 160 Å². The average Bonchev–Trinajstić information content (AvgIpc) is 1.49. The first-order chi connectivity index (χ1) is 47.5. The molecular formula is C95H109NO2. The molecule has 0 fully saturated rings. The first kappa shape index (κ1) is 66.3. The number of para-hydroxylation sites is 2. The molecule has 0 saturated heterocycles. The van der Waals surface area contributed by atoms with E-state index in [1.54, 1.807) is 16.7 Å². The summed E-state index contributed by atoms with van der Waals surface area (Å²) in [7, 11) is 0. The Balaban J connectivity index is 0.974. The number of hydrogen-bond donors (Lipinski definition) is 0. The normalized spacial score (nSPS) is 15.4. The van der Waals surface area contributed by atoms with Gasteiger partial charge in [0.1, 0.15) is 22.3 Å².